The predicted molar refractivity (Wildman–Crippen MR) is 77.4 cm³/mol. The van der Waals surface area contributed by atoms with Crippen LogP contribution in [0.1, 0.15) is 65.2 Å². The van der Waals surface area contributed by atoms with Crippen molar-refractivity contribution in [3.05, 3.63) is 0 Å². The summed E-state index contributed by atoms with van der Waals surface area (Å²) in [5.41, 5.74) is 0. The van der Waals surface area contributed by atoms with E-state index in [0.717, 1.165) is 38.5 Å². The number of hydrogen-bond donors (Lipinski definition) is 0. The maximum atomic E-state index is 10.0. The van der Waals surface area contributed by atoms with Crippen LogP contribution in [0.3, 0.4) is 0 Å². The van der Waals surface area contributed by atoms with Crippen molar-refractivity contribution in [3.8, 4) is 0 Å². The van der Waals surface area contributed by atoms with Gasteiger partial charge in [-0.15, -0.1) is 0 Å². The van der Waals surface area contributed by atoms with Gasteiger partial charge in [0, 0.05) is 11.5 Å². The fraction of sp³-hybridized carbons (Fsp3) is 1.00. The molecule has 6 nitrogen and oxygen atoms in total. The summed E-state index contributed by atoms with van der Waals surface area (Å²) in [6, 6.07) is 0. The summed E-state index contributed by atoms with van der Waals surface area (Å²) in [7, 11) is -7.91. The molecule has 0 radical (unpaired) electrons. The van der Waals surface area contributed by atoms with Crippen LogP contribution in [0, 0.1) is 0 Å². The van der Waals surface area contributed by atoms with E-state index in [2.05, 4.69) is 0 Å². The van der Waals surface area contributed by atoms with Crippen LogP contribution in [0.15, 0.2) is 0 Å². The zero-order valence-corrected chi connectivity index (χ0v) is 20.2. The smallest absolute Gasteiger partial charge is 0.748 e. The summed E-state index contributed by atoms with van der Waals surface area (Å²) in [5.74, 6) is -0.403. The fourth-order valence-electron chi connectivity index (χ4n) is 1.41. The zero-order chi connectivity index (χ0) is 16.1. The first-order valence-corrected chi connectivity index (χ1v) is 10.1. The molecule has 0 saturated carbocycles. The Balaban J connectivity index is -0.000000295. The third-order valence-corrected chi connectivity index (χ3v) is 4.07. The van der Waals surface area contributed by atoms with Crippen LogP contribution in [0.25, 0.3) is 0 Å². The molecule has 0 saturated heterocycles. The van der Waals surface area contributed by atoms with Gasteiger partial charge in [0.2, 0.25) is 0 Å². The number of rotatable bonds is 10. The largest absolute Gasteiger partial charge is 2.00 e. The van der Waals surface area contributed by atoms with Gasteiger partial charge >= 0.3 is 27.7 Å². The quantitative estimate of drug-likeness (QED) is 0.243. The molecule has 0 bridgehead atoms. The summed E-state index contributed by atoms with van der Waals surface area (Å²) in [4.78, 5) is 0. The topological polar surface area (TPSA) is 114 Å². The molecule has 0 aromatic carbocycles. The second-order valence-corrected chi connectivity index (χ2v) is 7.69. The molecule has 0 heterocycles. The molecule has 21 heavy (non-hydrogen) atoms. The second kappa shape index (κ2) is 15.6. The number of unbranched alkanes of at least 4 members (excludes halogenated alkanes) is 6. The van der Waals surface area contributed by atoms with Gasteiger partial charge in [0.25, 0.3) is 0 Å². The summed E-state index contributed by atoms with van der Waals surface area (Å²) in [5, 5.41) is 0. The molecule has 9 heteroatoms. The van der Waals surface area contributed by atoms with E-state index < -0.39 is 20.2 Å². The van der Waals surface area contributed by atoms with Gasteiger partial charge in [-0.25, -0.2) is 16.8 Å². The molecule has 0 atom stereocenters. The van der Waals surface area contributed by atoms with Crippen LogP contribution in [-0.2, 0) is 47.9 Å². The van der Waals surface area contributed by atoms with E-state index in [4.69, 9.17) is 0 Å². The molecule has 0 spiro atoms. The van der Waals surface area contributed by atoms with Gasteiger partial charge in [0.1, 0.15) is 0 Å². The Morgan fingerprint density at radius 2 is 0.905 bits per heavy atom. The second-order valence-electron chi connectivity index (χ2n) is 4.64. The summed E-state index contributed by atoms with van der Waals surface area (Å²) >= 11 is 0. The van der Waals surface area contributed by atoms with Crippen LogP contribution >= 0.6 is 0 Å². The number of hydrogen-bond acceptors (Lipinski definition) is 6. The molecule has 0 aliphatic rings. The molecular formula is C12H26HgO6S2. The predicted octanol–water partition coefficient (Wildman–Crippen LogP) is 2.22. The van der Waals surface area contributed by atoms with Gasteiger partial charge in [0.05, 0.1) is 20.2 Å². The molecule has 0 amide bonds. The Hall–Kier alpha value is 0.755. The molecule has 124 valence electrons. The first kappa shape index (κ1) is 26.6. The molecular weight excluding hydrogens is 505 g/mol. The average Bonchev–Trinajstić information content (AvgIpc) is 2.29. The maximum absolute atomic E-state index is 10.0. The van der Waals surface area contributed by atoms with Crippen LogP contribution in [0.5, 0.6) is 0 Å². The molecule has 0 fully saturated rings. The monoisotopic (exact) mass is 532 g/mol. The van der Waals surface area contributed by atoms with Crippen molar-refractivity contribution in [1.82, 2.24) is 0 Å². The third-order valence-electron chi connectivity index (χ3n) is 2.50. The normalized spacial score (nSPS) is 11.2. The SMILES string of the molecule is CCCCCCS(=O)(=O)[O-].CCCCCCS(=O)(=O)[O-].[Hg+2]. The van der Waals surface area contributed by atoms with Gasteiger partial charge in [-0.2, -0.15) is 0 Å². The molecule has 0 N–H and O–H groups in total. The third kappa shape index (κ3) is 33.5. The Morgan fingerprint density at radius 3 is 1.10 bits per heavy atom. The van der Waals surface area contributed by atoms with E-state index in [1.54, 1.807) is 0 Å². The van der Waals surface area contributed by atoms with Crippen molar-refractivity contribution in [2.75, 3.05) is 11.5 Å². The minimum absolute atomic E-state index is 0. The van der Waals surface area contributed by atoms with Gasteiger partial charge < -0.3 is 9.11 Å². The van der Waals surface area contributed by atoms with Crippen LogP contribution < -0.4 is 0 Å². The van der Waals surface area contributed by atoms with E-state index in [9.17, 15) is 25.9 Å². The molecule has 0 unspecified atom stereocenters. The van der Waals surface area contributed by atoms with Crippen LogP contribution in [0.2, 0.25) is 0 Å². The van der Waals surface area contributed by atoms with E-state index in [-0.39, 0.29) is 39.2 Å². The molecule has 0 aromatic heterocycles. The van der Waals surface area contributed by atoms with Gasteiger partial charge in [-0.1, -0.05) is 52.4 Å². The fourth-order valence-corrected chi connectivity index (χ4v) is 2.53. The van der Waals surface area contributed by atoms with Gasteiger partial charge in [-0.05, 0) is 12.8 Å². The van der Waals surface area contributed by atoms with E-state index in [0.29, 0.717) is 12.8 Å². The first-order chi connectivity index (χ1) is 9.12. The van der Waals surface area contributed by atoms with Crippen LogP contribution in [0.4, 0.5) is 0 Å². The van der Waals surface area contributed by atoms with E-state index >= 15 is 0 Å². The summed E-state index contributed by atoms with van der Waals surface area (Å²) in [6.45, 7) is 4.07. The van der Waals surface area contributed by atoms with Crippen molar-refractivity contribution < 1.29 is 53.6 Å². The Kier molecular flexibility index (Phi) is 19.8. The van der Waals surface area contributed by atoms with Gasteiger partial charge in [0.15, 0.2) is 0 Å². The van der Waals surface area contributed by atoms with Crippen molar-refractivity contribution in [3.63, 3.8) is 0 Å². The molecule has 0 rings (SSSR count). The average molecular weight is 531 g/mol. The Labute approximate surface area is 150 Å². The van der Waals surface area contributed by atoms with Crippen LogP contribution in [-0.4, -0.2) is 37.4 Å². The van der Waals surface area contributed by atoms with Crippen molar-refractivity contribution in [2.24, 2.45) is 0 Å². The summed E-state index contributed by atoms with van der Waals surface area (Å²) in [6.07, 6.45) is 6.85. The van der Waals surface area contributed by atoms with Crippen molar-refractivity contribution >= 4 is 20.2 Å². The maximum Gasteiger partial charge on any atom is 2.00 e. The summed E-state index contributed by atoms with van der Waals surface area (Å²) < 4.78 is 60.2. The Morgan fingerprint density at radius 1 is 0.619 bits per heavy atom. The van der Waals surface area contributed by atoms with Gasteiger partial charge in [-0.3, -0.25) is 0 Å². The minimum atomic E-state index is -3.95. The van der Waals surface area contributed by atoms with Crippen molar-refractivity contribution in [1.29, 1.82) is 0 Å². The van der Waals surface area contributed by atoms with Crippen molar-refractivity contribution in [2.45, 2.75) is 65.2 Å². The van der Waals surface area contributed by atoms with E-state index in [1.807, 2.05) is 13.8 Å². The van der Waals surface area contributed by atoms with E-state index in [1.165, 1.54) is 0 Å². The standard InChI is InChI=1S/2C6H14O3S.Hg/c2*1-2-3-4-5-6-10(7,8)9;/h2*2-6H2,1H3,(H,7,8,9);/q;;+2/p-2. The molecule has 0 aliphatic heterocycles. The molecule has 0 aliphatic carbocycles. The first-order valence-electron chi connectivity index (χ1n) is 6.99. The Bertz CT molecular complexity index is 365. The zero-order valence-electron chi connectivity index (χ0n) is 13.0. The molecule has 0 aromatic rings. The minimum Gasteiger partial charge on any atom is -0.748 e.